The molecule has 0 saturated carbocycles. The Hall–Kier alpha value is -0.0400. The fourth-order valence-corrected chi connectivity index (χ4v) is 1.50. The molecule has 0 unspecified atom stereocenters. The lowest BCUT2D eigenvalue weighted by atomic mass is 9.97. The van der Waals surface area contributed by atoms with Crippen molar-refractivity contribution in [2.45, 2.75) is 46.5 Å². The molecule has 0 heterocycles. The maximum atomic E-state index is 2.38. The molecule has 0 fully saturated rings. The highest BCUT2D eigenvalue weighted by atomic mass is 15.0. The van der Waals surface area contributed by atoms with Crippen LogP contribution in [0.1, 0.15) is 46.5 Å². The van der Waals surface area contributed by atoms with Crippen molar-refractivity contribution in [1.82, 2.24) is 4.90 Å². The van der Waals surface area contributed by atoms with Crippen LogP contribution in [0, 0.1) is 11.8 Å². The van der Waals surface area contributed by atoms with Gasteiger partial charge >= 0.3 is 0 Å². The second-order valence-corrected chi connectivity index (χ2v) is 5.02. The monoisotopic (exact) mass is 185 g/mol. The van der Waals surface area contributed by atoms with Crippen LogP contribution in [0.3, 0.4) is 0 Å². The predicted molar refractivity (Wildman–Crippen MR) is 61.0 cm³/mol. The smallest absolute Gasteiger partial charge is 0.00223 e. The van der Waals surface area contributed by atoms with E-state index >= 15 is 0 Å². The molecule has 0 amide bonds. The molecule has 0 aromatic rings. The van der Waals surface area contributed by atoms with Crippen LogP contribution in [0.5, 0.6) is 0 Å². The van der Waals surface area contributed by atoms with E-state index in [2.05, 4.69) is 39.8 Å². The molecule has 0 radical (unpaired) electrons. The molecular weight excluding hydrogens is 158 g/mol. The van der Waals surface area contributed by atoms with Gasteiger partial charge in [-0.1, -0.05) is 40.0 Å². The van der Waals surface area contributed by atoms with Gasteiger partial charge in [0, 0.05) is 0 Å². The van der Waals surface area contributed by atoms with Crippen molar-refractivity contribution >= 4 is 0 Å². The average Bonchev–Trinajstić information content (AvgIpc) is 2.00. The summed E-state index contributed by atoms with van der Waals surface area (Å²) >= 11 is 0. The molecule has 13 heavy (non-hydrogen) atoms. The third-order valence-electron chi connectivity index (χ3n) is 2.55. The van der Waals surface area contributed by atoms with Crippen molar-refractivity contribution in [2.24, 2.45) is 11.8 Å². The summed E-state index contributed by atoms with van der Waals surface area (Å²) < 4.78 is 0. The van der Waals surface area contributed by atoms with Crippen LogP contribution in [0.4, 0.5) is 0 Å². The van der Waals surface area contributed by atoms with Gasteiger partial charge in [-0.15, -0.1) is 0 Å². The molecular formula is C12H27N. The zero-order valence-electron chi connectivity index (χ0n) is 10.1. The Labute approximate surface area is 84.5 Å². The van der Waals surface area contributed by atoms with Gasteiger partial charge in [0.2, 0.25) is 0 Å². The van der Waals surface area contributed by atoms with E-state index in [1.54, 1.807) is 0 Å². The minimum atomic E-state index is 0.876. The summed E-state index contributed by atoms with van der Waals surface area (Å²) in [6.07, 6.45) is 5.57. The van der Waals surface area contributed by atoms with Crippen molar-refractivity contribution < 1.29 is 0 Å². The van der Waals surface area contributed by atoms with Crippen molar-refractivity contribution in [3.8, 4) is 0 Å². The van der Waals surface area contributed by atoms with Gasteiger partial charge in [-0.05, 0) is 38.9 Å². The summed E-state index contributed by atoms with van der Waals surface area (Å²) in [6.45, 7) is 8.24. The van der Waals surface area contributed by atoms with Crippen molar-refractivity contribution in [1.29, 1.82) is 0 Å². The molecule has 0 rings (SSSR count). The fraction of sp³-hybridized carbons (Fsp3) is 1.00. The fourth-order valence-electron chi connectivity index (χ4n) is 1.50. The Kier molecular flexibility index (Phi) is 7.35. The lowest BCUT2D eigenvalue weighted by Crippen LogP contribution is -2.15. The number of hydrogen-bond donors (Lipinski definition) is 0. The van der Waals surface area contributed by atoms with E-state index in [1.807, 2.05) is 0 Å². The Morgan fingerprint density at radius 2 is 1.54 bits per heavy atom. The van der Waals surface area contributed by atoms with Crippen LogP contribution in [0.25, 0.3) is 0 Å². The lowest BCUT2D eigenvalue weighted by molar-refractivity contribution is 0.343. The Bertz CT molecular complexity index is 108. The first-order valence-electron chi connectivity index (χ1n) is 5.67. The number of hydrogen-bond acceptors (Lipinski definition) is 1. The summed E-state index contributed by atoms with van der Waals surface area (Å²) in [6, 6.07) is 0. The van der Waals surface area contributed by atoms with Gasteiger partial charge < -0.3 is 4.90 Å². The SMILES string of the molecule is CC(C)CCC[C@@H](C)CCN(C)C. The summed E-state index contributed by atoms with van der Waals surface area (Å²) in [5.74, 6) is 1.78. The van der Waals surface area contributed by atoms with E-state index in [1.165, 1.54) is 32.2 Å². The molecule has 0 aliphatic rings. The van der Waals surface area contributed by atoms with Crippen molar-refractivity contribution in [2.75, 3.05) is 20.6 Å². The zero-order chi connectivity index (χ0) is 10.3. The lowest BCUT2D eigenvalue weighted by Gasteiger charge is -2.15. The van der Waals surface area contributed by atoms with Gasteiger partial charge in [-0.25, -0.2) is 0 Å². The molecule has 80 valence electrons. The van der Waals surface area contributed by atoms with Gasteiger partial charge in [0.25, 0.3) is 0 Å². The van der Waals surface area contributed by atoms with E-state index < -0.39 is 0 Å². The van der Waals surface area contributed by atoms with Crippen LogP contribution >= 0.6 is 0 Å². The molecule has 0 aliphatic carbocycles. The van der Waals surface area contributed by atoms with Gasteiger partial charge in [-0.2, -0.15) is 0 Å². The van der Waals surface area contributed by atoms with Gasteiger partial charge in [0.1, 0.15) is 0 Å². The molecule has 0 bridgehead atoms. The standard InChI is InChI=1S/C12H27N/c1-11(2)7-6-8-12(3)9-10-13(4)5/h11-12H,6-10H2,1-5H3/t12-/m1/s1. The molecule has 0 aromatic carbocycles. The maximum absolute atomic E-state index is 2.38. The largest absolute Gasteiger partial charge is 0.309 e. The summed E-state index contributed by atoms with van der Waals surface area (Å²) in [4.78, 5) is 2.28. The number of nitrogens with zero attached hydrogens (tertiary/aromatic N) is 1. The zero-order valence-corrected chi connectivity index (χ0v) is 10.1. The highest BCUT2D eigenvalue weighted by Gasteiger charge is 2.03. The molecule has 0 saturated heterocycles. The molecule has 1 atom stereocenters. The third-order valence-corrected chi connectivity index (χ3v) is 2.55. The Balaban J connectivity index is 3.25. The van der Waals surface area contributed by atoms with Gasteiger partial charge in [0.05, 0.1) is 0 Å². The first kappa shape index (κ1) is 13.0. The Morgan fingerprint density at radius 1 is 0.923 bits per heavy atom. The summed E-state index contributed by atoms with van der Waals surface area (Å²) in [7, 11) is 4.31. The number of rotatable bonds is 7. The quantitative estimate of drug-likeness (QED) is 0.587. The molecule has 0 spiro atoms. The minimum Gasteiger partial charge on any atom is -0.309 e. The molecule has 0 aromatic heterocycles. The first-order valence-corrected chi connectivity index (χ1v) is 5.67. The molecule has 1 heteroatoms. The Morgan fingerprint density at radius 3 is 2.00 bits per heavy atom. The highest BCUT2D eigenvalue weighted by Crippen LogP contribution is 2.14. The normalized spacial score (nSPS) is 14.1. The molecule has 0 N–H and O–H groups in total. The summed E-state index contributed by atoms with van der Waals surface area (Å²) in [5, 5.41) is 0. The third kappa shape index (κ3) is 9.88. The first-order chi connectivity index (χ1) is 6.02. The van der Waals surface area contributed by atoms with E-state index in [-0.39, 0.29) is 0 Å². The van der Waals surface area contributed by atoms with Crippen molar-refractivity contribution in [3.63, 3.8) is 0 Å². The van der Waals surface area contributed by atoms with Gasteiger partial charge in [-0.3, -0.25) is 0 Å². The van der Waals surface area contributed by atoms with E-state index in [0.717, 1.165) is 11.8 Å². The van der Waals surface area contributed by atoms with Crippen LogP contribution in [0.2, 0.25) is 0 Å². The van der Waals surface area contributed by atoms with Gasteiger partial charge in [0.15, 0.2) is 0 Å². The van der Waals surface area contributed by atoms with Crippen LogP contribution in [-0.2, 0) is 0 Å². The van der Waals surface area contributed by atoms with Crippen LogP contribution < -0.4 is 0 Å². The minimum absolute atomic E-state index is 0.876. The van der Waals surface area contributed by atoms with Crippen LogP contribution in [-0.4, -0.2) is 25.5 Å². The van der Waals surface area contributed by atoms with E-state index in [0.29, 0.717) is 0 Å². The van der Waals surface area contributed by atoms with Crippen molar-refractivity contribution in [3.05, 3.63) is 0 Å². The second kappa shape index (κ2) is 7.37. The highest BCUT2D eigenvalue weighted by molar-refractivity contribution is 4.57. The molecule has 1 nitrogen and oxygen atoms in total. The topological polar surface area (TPSA) is 3.24 Å². The maximum Gasteiger partial charge on any atom is -0.00223 e. The summed E-state index contributed by atoms with van der Waals surface area (Å²) in [5.41, 5.74) is 0. The van der Waals surface area contributed by atoms with Crippen LogP contribution in [0.15, 0.2) is 0 Å². The van der Waals surface area contributed by atoms with E-state index in [9.17, 15) is 0 Å². The second-order valence-electron chi connectivity index (χ2n) is 5.02. The van der Waals surface area contributed by atoms with E-state index in [4.69, 9.17) is 0 Å². The predicted octanol–water partition coefficient (Wildman–Crippen LogP) is 3.40. The average molecular weight is 185 g/mol. The molecule has 0 aliphatic heterocycles.